The first-order valence-electron chi connectivity index (χ1n) is 3.46. The molecule has 0 saturated carbocycles. The summed E-state index contributed by atoms with van der Waals surface area (Å²) in [5.74, 6) is -3.56. The van der Waals surface area contributed by atoms with Crippen molar-refractivity contribution in [3.63, 3.8) is 0 Å². The van der Waals surface area contributed by atoms with Gasteiger partial charge in [-0.15, -0.1) is 0 Å². The molecule has 0 spiro atoms. The second-order valence-electron chi connectivity index (χ2n) is 2.05. The summed E-state index contributed by atoms with van der Waals surface area (Å²) in [7, 11) is 0. The van der Waals surface area contributed by atoms with Gasteiger partial charge < -0.3 is 14.6 Å². The second kappa shape index (κ2) is 5.29. The lowest BCUT2D eigenvalue weighted by Crippen LogP contribution is -2.26. The van der Waals surface area contributed by atoms with Gasteiger partial charge >= 0.3 is 11.9 Å². The van der Waals surface area contributed by atoms with Crippen LogP contribution < -0.4 is 0 Å². The molecule has 1 atom stereocenters. The minimum atomic E-state index is -1.36. The molecule has 0 heterocycles. The molecule has 0 radical (unpaired) electrons. The molecule has 12 heavy (non-hydrogen) atoms. The van der Waals surface area contributed by atoms with E-state index in [0.29, 0.717) is 6.29 Å². The predicted molar refractivity (Wildman–Crippen MR) is 38.4 cm³/mol. The Morgan fingerprint density at radius 2 is 2.17 bits per heavy atom. The van der Waals surface area contributed by atoms with Gasteiger partial charge in [-0.2, -0.15) is 0 Å². The highest BCUT2D eigenvalue weighted by atomic mass is 16.5. The number of hydrogen-bond donors (Lipinski definition) is 1. The number of carbonyl (C=O) groups excluding carboxylic acids is 2. The number of rotatable bonds is 5. The standard InChI is InChI=1S/C7H10O5/c1-2-12-7(11)5(3-4-8)6(9)10/h4-5H,2-3H2,1H3,(H,9,10). The molecule has 0 aliphatic carbocycles. The van der Waals surface area contributed by atoms with Gasteiger partial charge in [0, 0.05) is 6.42 Å². The normalized spacial score (nSPS) is 11.8. The fraction of sp³-hybridized carbons (Fsp3) is 0.571. The highest BCUT2D eigenvalue weighted by Crippen LogP contribution is 2.03. The molecule has 5 nitrogen and oxygen atoms in total. The molecule has 0 bridgehead atoms. The zero-order chi connectivity index (χ0) is 9.56. The van der Waals surface area contributed by atoms with Crippen molar-refractivity contribution < 1.29 is 24.2 Å². The second-order valence-corrected chi connectivity index (χ2v) is 2.05. The molecule has 0 aliphatic heterocycles. The Morgan fingerprint density at radius 1 is 1.58 bits per heavy atom. The first kappa shape index (κ1) is 10.6. The summed E-state index contributed by atoms with van der Waals surface area (Å²) >= 11 is 0. The zero-order valence-electron chi connectivity index (χ0n) is 6.65. The number of carboxylic acids is 1. The van der Waals surface area contributed by atoms with Gasteiger partial charge in [-0.05, 0) is 6.92 Å². The topological polar surface area (TPSA) is 80.7 Å². The van der Waals surface area contributed by atoms with Crippen LogP contribution in [0, 0.1) is 5.92 Å². The molecule has 0 aliphatic rings. The van der Waals surface area contributed by atoms with E-state index in [0.717, 1.165) is 0 Å². The van der Waals surface area contributed by atoms with Crippen molar-refractivity contribution in [2.45, 2.75) is 13.3 Å². The minimum absolute atomic E-state index is 0.113. The molecule has 0 aromatic heterocycles. The van der Waals surface area contributed by atoms with Gasteiger partial charge in [0.1, 0.15) is 6.29 Å². The monoisotopic (exact) mass is 174 g/mol. The Morgan fingerprint density at radius 3 is 2.50 bits per heavy atom. The fourth-order valence-electron chi connectivity index (χ4n) is 0.637. The lowest BCUT2D eigenvalue weighted by molar-refractivity contribution is -0.159. The van der Waals surface area contributed by atoms with E-state index in [-0.39, 0.29) is 13.0 Å². The predicted octanol–water partition coefficient (Wildman–Crippen LogP) is -0.161. The Bertz CT molecular complexity index is 186. The summed E-state index contributed by atoms with van der Waals surface area (Å²) in [4.78, 5) is 31.1. The number of aliphatic carboxylic acids is 1. The summed E-state index contributed by atoms with van der Waals surface area (Å²) in [6.07, 6.45) is 0.0455. The lowest BCUT2D eigenvalue weighted by atomic mass is 10.1. The summed E-state index contributed by atoms with van der Waals surface area (Å²) in [5.41, 5.74) is 0. The van der Waals surface area contributed by atoms with Gasteiger partial charge in [-0.3, -0.25) is 9.59 Å². The third-order valence-electron chi connectivity index (χ3n) is 1.20. The SMILES string of the molecule is CCOC(=O)C(CC=O)C(=O)O. The number of aldehydes is 1. The smallest absolute Gasteiger partial charge is 0.320 e. The van der Waals surface area contributed by atoms with Crippen LogP contribution in [0.4, 0.5) is 0 Å². The summed E-state index contributed by atoms with van der Waals surface area (Å²) in [5, 5.41) is 8.44. The van der Waals surface area contributed by atoms with Gasteiger partial charge in [-0.25, -0.2) is 0 Å². The van der Waals surface area contributed by atoms with Crippen molar-refractivity contribution in [1.29, 1.82) is 0 Å². The number of carbonyl (C=O) groups is 3. The van der Waals surface area contributed by atoms with Crippen molar-refractivity contribution in [3.8, 4) is 0 Å². The average Bonchev–Trinajstić information content (AvgIpc) is 1.99. The fourth-order valence-corrected chi connectivity index (χ4v) is 0.637. The van der Waals surface area contributed by atoms with Crippen LogP contribution in [0.5, 0.6) is 0 Å². The van der Waals surface area contributed by atoms with E-state index in [1.165, 1.54) is 0 Å². The number of hydrogen-bond acceptors (Lipinski definition) is 4. The Balaban J connectivity index is 4.18. The first-order valence-corrected chi connectivity index (χ1v) is 3.46. The molecule has 1 N–H and O–H groups in total. The quantitative estimate of drug-likeness (QED) is 0.356. The van der Waals surface area contributed by atoms with Crippen LogP contribution in [-0.4, -0.2) is 29.9 Å². The number of carboxylic acid groups (broad SMARTS) is 1. The van der Waals surface area contributed by atoms with Crippen molar-refractivity contribution >= 4 is 18.2 Å². The van der Waals surface area contributed by atoms with E-state index < -0.39 is 17.9 Å². The van der Waals surface area contributed by atoms with Crippen molar-refractivity contribution in [2.24, 2.45) is 5.92 Å². The van der Waals surface area contributed by atoms with Gasteiger partial charge in [-0.1, -0.05) is 0 Å². The summed E-state index contributed by atoms with van der Waals surface area (Å²) < 4.78 is 4.44. The Labute approximate surface area is 69.3 Å². The van der Waals surface area contributed by atoms with Crippen LogP contribution in [0.3, 0.4) is 0 Å². The molecule has 1 unspecified atom stereocenters. The van der Waals surface area contributed by atoms with Crippen LogP contribution in [-0.2, 0) is 19.1 Å². The average molecular weight is 174 g/mol. The molecule has 0 amide bonds. The van der Waals surface area contributed by atoms with Gasteiger partial charge in [0.15, 0.2) is 5.92 Å². The van der Waals surface area contributed by atoms with Crippen molar-refractivity contribution in [3.05, 3.63) is 0 Å². The van der Waals surface area contributed by atoms with Crippen LogP contribution >= 0.6 is 0 Å². The molecule has 68 valence electrons. The van der Waals surface area contributed by atoms with E-state index in [1.807, 2.05) is 0 Å². The maximum absolute atomic E-state index is 10.8. The van der Waals surface area contributed by atoms with Crippen LogP contribution in [0.1, 0.15) is 13.3 Å². The molecule has 0 aromatic carbocycles. The van der Waals surface area contributed by atoms with E-state index >= 15 is 0 Å². The summed E-state index contributed by atoms with van der Waals surface area (Å²) in [6, 6.07) is 0. The van der Waals surface area contributed by atoms with Crippen LogP contribution in [0.15, 0.2) is 0 Å². The minimum Gasteiger partial charge on any atom is -0.481 e. The van der Waals surface area contributed by atoms with Crippen molar-refractivity contribution in [2.75, 3.05) is 6.61 Å². The zero-order valence-corrected chi connectivity index (χ0v) is 6.65. The van der Waals surface area contributed by atoms with Gasteiger partial charge in [0.25, 0.3) is 0 Å². The van der Waals surface area contributed by atoms with E-state index in [2.05, 4.69) is 4.74 Å². The van der Waals surface area contributed by atoms with E-state index in [1.54, 1.807) is 6.92 Å². The molecule has 0 fully saturated rings. The molecular formula is C7H10O5. The van der Waals surface area contributed by atoms with Gasteiger partial charge in [0.2, 0.25) is 0 Å². The lowest BCUT2D eigenvalue weighted by Gasteiger charge is -2.06. The highest BCUT2D eigenvalue weighted by Gasteiger charge is 2.26. The summed E-state index contributed by atoms with van der Waals surface area (Å²) in [6.45, 7) is 1.68. The maximum atomic E-state index is 10.8. The Hall–Kier alpha value is -1.39. The highest BCUT2D eigenvalue weighted by molar-refractivity contribution is 5.95. The van der Waals surface area contributed by atoms with Crippen molar-refractivity contribution in [1.82, 2.24) is 0 Å². The van der Waals surface area contributed by atoms with Crippen LogP contribution in [0.2, 0.25) is 0 Å². The molecular weight excluding hydrogens is 164 g/mol. The molecule has 0 aromatic rings. The molecule has 0 saturated heterocycles. The molecule has 5 heteroatoms. The third kappa shape index (κ3) is 3.14. The molecule has 0 rings (SSSR count). The van der Waals surface area contributed by atoms with E-state index in [4.69, 9.17) is 5.11 Å². The van der Waals surface area contributed by atoms with E-state index in [9.17, 15) is 14.4 Å². The van der Waals surface area contributed by atoms with Gasteiger partial charge in [0.05, 0.1) is 6.61 Å². The third-order valence-corrected chi connectivity index (χ3v) is 1.20. The maximum Gasteiger partial charge on any atom is 0.320 e. The first-order chi connectivity index (χ1) is 5.63. The largest absolute Gasteiger partial charge is 0.481 e. The Kier molecular flexibility index (Phi) is 4.67. The number of ether oxygens (including phenoxy) is 1. The number of esters is 1. The van der Waals surface area contributed by atoms with Crippen LogP contribution in [0.25, 0.3) is 0 Å².